The van der Waals surface area contributed by atoms with Crippen molar-refractivity contribution >= 4 is 23.4 Å². The van der Waals surface area contributed by atoms with Gasteiger partial charge in [0.25, 0.3) is 0 Å². The Morgan fingerprint density at radius 2 is 2.11 bits per heavy atom. The van der Waals surface area contributed by atoms with Crippen molar-refractivity contribution in [3.05, 3.63) is 22.8 Å². The first-order valence-corrected chi connectivity index (χ1v) is 5.99. The maximum Gasteiger partial charge on any atom is 0.356 e. The first-order valence-electron chi connectivity index (χ1n) is 5.61. The molecule has 0 spiro atoms. The SMILES string of the molecule is CCN(CC(C)(C)O)c1ccc(Cl)c(C(=O)O)n1. The lowest BCUT2D eigenvalue weighted by Gasteiger charge is -2.29. The molecule has 0 aliphatic carbocycles. The zero-order valence-electron chi connectivity index (χ0n) is 10.6. The fourth-order valence-electron chi connectivity index (χ4n) is 1.58. The number of nitrogens with zero attached hydrogens (tertiary/aromatic N) is 2. The van der Waals surface area contributed by atoms with Gasteiger partial charge in [-0.1, -0.05) is 11.6 Å². The summed E-state index contributed by atoms with van der Waals surface area (Å²) in [5.41, 5.74) is -1.07. The summed E-state index contributed by atoms with van der Waals surface area (Å²) < 4.78 is 0. The Labute approximate surface area is 111 Å². The van der Waals surface area contributed by atoms with Gasteiger partial charge in [-0.3, -0.25) is 0 Å². The highest BCUT2D eigenvalue weighted by atomic mass is 35.5. The fraction of sp³-hybridized carbons (Fsp3) is 0.500. The van der Waals surface area contributed by atoms with Crippen molar-refractivity contribution in [1.29, 1.82) is 0 Å². The van der Waals surface area contributed by atoms with Gasteiger partial charge in [0.05, 0.1) is 10.6 Å². The van der Waals surface area contributed by atoms with Crippen molar-refractivity contribution in [2.24, 2.45) is 0 Å². The van der Waals surface area contributed by atoms with Gasteiger partial charge in [0, 0.05) is 13.1 Å². The molecule has 0 amide bonds. The molecule has 100 valence electrons. The predicted octanol–water partition coefficient (Wildman–Crippen LogP) is 2.03. The minimum atomic E-state index is -1.17. The molecule has 5 nitrogen and oxygen atoms in total. The number of halogens is 1. The van der Waals surface area contributed by atoms with Crippen LogP contribution in [0.2, 0.25) is 5.02 Å². The fourth-order valence-corrected chi connectivity index (χ4v) is 1.77. The molecule has 2 N–H and O–H groups in total. The molecule has 0 saturated heterocycles. The van der Waals surface area contributed by atoms with Crippen molar-refractivity contribution in [2.75, 3.05) is 18.0 Å². The first-order chi connectivity index (χ1) is 8.24. The highest BCUT2D eigenvalue weighted by Gasteiger charge is 2.20. The second-order valence-electron chi connectivity index (χ2n) is 4.63. The van der Waals surface area contributed by atoms with Crippen LogP contribution in [0.3, 0.4) is 0 Å². The Bertz CT molecular complexity index is 443. The molecule has 1 rings (SSSR count). The number of carboxylic acids is 1. The lowest BCUT2D eigenvalue weighted by molar-refractivity contribution is 0.0691. The summed E-state index contributed by atoms with van der Waals surface area (Å²) in [6, 6.07) is 3.14. The molecule has 0 fully saturated rings. The average Bonchev–Trinajstić information content (AvgIpc) is 2.25. The minimum Gasteiger partial charge on any atom is -0.476 e. The van der Waals surface area contributed by atoms with E-state index in [1.807, 2.05) is 6.92 Å². The van der Waals surface area contributed by atoms with Crippen LogP contribution in [0, 0.1) is 0 Å². The number of carbonyl (C=O) groups is 1. The third kappa shape index (κ3) is 3.85. The number of carboxylic acid groups (broad SMARTS) is 1. The maximum absolute atomic E-state index is 11.0. The largest absolute Gasteiger partial charge is 0.476 e. The normalized spacial score (nSPS) is 11.4. The number of anilines is 1. The second-order valence-corrected chi connectivity index (χ2v) is 5.04. The van der Waals surface area contributed by atoms with E-state index in [-0.39, 0.29) is 10.7 Å². The van der Waals surface area contributed by atoms with Crippen molar-refractivity contribution in [3.8, 4) is 0 Å². The highest BCUT2D eigenvalue weighted by Crippen LogP contribution is 2.20. The van der Waals surface area contributed by atoms with Gasteiger partial charge >= 0.3 is 5.97 Å². The number of rotatable bonds is 5. The molecule has 1 heterocycles. The molecular formula is C12H17ClN2O3. The molecular weight excluding hydrogens is 256 g/mol. The molecule has 18 heavy (non-hydrogen) atoms. The molecule has 6 heteroatoms. The second kappa shape index (κ2) is 5.54. The van der Waals surface area contributed by atoms with E-state index in [9.17, 15) is 9.90 Å². The average molecular weight is 273 g/mol. The lowest BCUT2D eigenvalue weighted by Crippen LogP contribution is -2.39. The number of aromatic nitrogens is 1. The molecule has 0 atom stereocenters. The summed E-state index contributed by atoms with van der Waals surface area (Å²) in [6.07, 6.45) is 0. The van der Waals surface area contributed by atoms with E-state index >= 15 is 0 Å². The van der Waals surface area contributed by atoms with Crippen molar-refractivity contribution in [3.63, 3.8) is 0 Å². The van der Waals surface area contributed by atoms with Crippen LogP contribution in [0.25, 0.3) is 0 Å². The molecule has 0 aromatic carbocycles. The van der Waals surface area contributed by atoms with Gasteiger partial charge in [-0.25, -0.2) is 9.78 Å². The van der Waals surface area contributed by atoms with E-state index in [0.717, 1.165) is 0 Å². The van der Waals surface area contributed by atoms with E-state index in [2.05, 4.69) is 4.98 Å². The zero-order valence-corrected chi connectivity index (χ0v) is 11.4. The molecule has 1 aromatic heterocycles. The van der Waals surface area contributed by atoms with Crippen LogP contribution in [-0.2, 0) is 0 Å². The van der Waals surface area contributed by atoms with Crippen molar-refractivity contribution < 1.29 is 15.0 Å². The van der Waals surface area contributed by atoms with Gasteiger partial charge in [0.2, 0.25) is 0 Å². The van der Waals surface area contributed by atoms with Crippen LogP contribution >= 0.6 is 11.6 Å². The third-order valence-electron chi connectivity index (χ3n) is 2.32. The maximum atomic E-state index is 11.0. The summed E-state index contributed by atoms with van der Waals surface area (Å²) >= 11 is 5.76. The van der Waals surface area contributed by atoms with E-state index < -0.39 is 11.6 Å². The van der Waals surface area contributed by atoms with Gasteiger partial charge in [0.15, 0.2) is 5.69 Å². The molecule has 0 aliphatic heterocycles. The van der Waals surface area contributed by atoms with Crippen LogP contribution in [-0.4, -0.2) is 39.9 Å². The van der Waals surface area contributed by atoms with E-state index in [0.29, 0.717) is 18.9 Å². The highest BCUT2D eigenvalue weighted by molar-refractivity contribution is 6.33. The van der Waals surface area contributed by atoms with Gasteiger partial charge < -0.3 is 15.1 Å². The third-order valence-corrected chi connectivity index (χ3v) is 2.62. The summed E-state index contributed by atoms with van der Waals surface area (Å²) in [6.45, 7) is 6.24. The van der Waals surface area contributed by atoms with Crippen molar-refractivity contribution in [2.45, 2.75) is 26.4 Å². The van der Waals surface area contributed by atoms with Gasteiger partial charge in [-0.05, 0) is 32.9 Å². The summed E-state index contributed by atoms with van der Waals surface area (Å²) in [7, 11) is 0. The first kappa shape index (κ1) is 14.7. The van der Waals surface area contributed by atoms with Crippen molar-refractivity contribution in [1.82, 2.24) is 4.98 Å². The standard InChI is InChI=1S/C12H17ClN2O3/c1-4-15(7-12(2,3)18)9-6-5-8(13)10(14-9)11(16)17/h5-6,18H,4,7H2,1-3H3,(H,16,17). The molecule has 0 unspecified atom stereocenters. The number of hydrogen-bond donors (Lipinski definition) is 2. The molecule has 0 aliphatic rings. The number of hydrogen-bond acceptors (Lipinski definition) is 4. The summed E-state index contributed by atoms with van der Waals surface area (Å²) in [5, 5.41) is 18.9. The number of aliphatic hydroxyl groups is 1. The molecule has 0 radical (unpaired) electrons. The lowest BCUT2D eigenvalue weighted by atomic mass is 10.1. The van der Waals surface area contributed by atoms with Gasteiger partial charge in [-0.2, -0.15) is 0 Å². The van der Waals surface area contributed by atoms with Gasteiger partial charge in [0.1, 0.15) is 5.82 Å². The van der Waals surface area contributed by atoms with Crippen LogP contribution in [0.5, 0.6) is 0 Å². The van der Waals surface area contributed by atoms with Crippen LogP contribution < -0.4 is 4.90 Å². The Morgan fingerprint density at radius 3 is 2.56 bits per heavy atom. The van der Waals surface area contributed by atoms with Gasteiger partial charge in [-0.15, -0.1) is 0 Å². The molecule has 0 bridgehead atoms. The Morgan fingerprint density at radius 1 is 1.50 bits per heavy atom. The van der Waals surface area contributed by atoms with Crippen LogP contribution in [0.1, 0.15) is 31.3 Å². The number of aromatic carboxylic acids is 1. The molecule has 0 saturated carbocycles. The summed E-state index contributed by atoms with van der Waals surface area (Å²) in [4.78, 5) is 16.8. The predicted molar refractivity (Wildman–Crippen MR) is 70.4 cm³/mol. The Kier molecular flexibility index (Phi) is 4.53. The van der Waals surface area contributed by atoms with Crippen LogP contribution in [0.4, 0.5) is 5.82 Å². The van der Waals surface area contributed by atoms with E-state index in [4.69, 9.17) is 16.7 Å². The van der Waals surface area contributed by atoms with E-state index in [1.165, 1.54) is 6.07 Å². The zero-order chi connectivity index (χ0) is 13.9. The van der Waals surface area contributed by atoms with Crippen LogP contribution in [0.15, 0.2) is 12.1 Å². The number of pyridine rings is 1. The molecule has 1 aromatic rings. The topological polar surface area (TPSA) is 73.7 Å². The number of likely N-dealkylation sites (N-methyl/N-ethyl adjacent to an activating group) is 1. The summed E-state index contributed by atoms with van der Waals surface area (Å²) in [5.74, 6) is -0.678. The monoisotopic (exact) mass is 272 g/mol. The quantitative estimate of drug-likeness (QED) is 0.858. The van der Waals surface area contributed by atoms with E-state index in [1.54, 1.807) is 24.8 Å². The smallest absolute Gasteiger partial charge is 0.356 e. The minimum absolute atomic E-state index is 0.102. The Balaban J connectivity index is 3.07. The Hall–Kier alpha value is -1.33.